The van der Waals surface area contributed by atoms with Gasteiger partial charge in [0.05, 0.1) is 0 Å². The molecule has 0 fully saturated rings. The van der Waals surface area contributed by atoms with Crippen LogP contribution in [0.25, 0.3) is 0 Å². The second-order valence-corrected chi connectivity index (χ2v) is 4.51. The lowest BCUT2D eigenvalue weighted by Gasteiger charge is -2.12. The highest BCUT2D eigenvalue weighted by Crippen LogP contribution is 2.33. The lowest BCUT2D eigenvalue weighted by atomic mass is 9.96. The molecule has 0 spiro atoms. The van der Waals surface area contributed by atoms with Crippen molar-refractivity contribution in [2.45, 2.75) is 20.3 Å². The highest BCUT2D eigenvalue weighted by Gasteiger charge is 2.12. The van der Waals surface area contributed by atoms with Gasteiger partial charge in [-0.25, -0.2) is 0 Å². The molecule has 3 N–H and O–H groups in total. The lowest BCUT2D eigenvalue weighted by molar-refractivity contribution is 0.448. The van der Waals surface area contributed by atoms with Crippen molar-refractivity contribution >= 4 is 0 Å². The molecule has 3 heteroatoms. The molecule has 2 aromatic carbocycles. The van der Waals surface area contributed by atoms with Gasteiger partial charge in [0.1, 0.15) is 17.2 Å². The van der Waals surface area contributed by atoms with Crippen molar-refractivity contribution in [3.8, 4) is 17.2 Å². The molecule has 2 aromatic rings. The summed E-state index contributed by atoms with van der Waals surface area (Å²) < 4.78 is 0. The average Bonchev–Trinajstić information content (AvgIpc) is 2.34. The molecule has 0 atom stereocenters. The van der Waals surface area contributed by atoms with Crippen LogP contribution < -0.4 is 0 Å². The first-order chi connectivity index (χ1) is 8.49. The van der Waals surface area contributed by atoms with Gasteiger partial charge >= 0.3 is 0 Å². The monoisotopic (exact) mass is 244 g/mol. The Balaban J connectivity index is 2.42. The average molecular weight is 244 g/mol. The SMILES string of the molecule is Cc1cc(O)c(C)c(Cc2ccc(O)cc2)c1O. The first-order valence-electron chi connectivity index (χ1n) is 5.78. The van der Waals surface area contributed by atoms with Crippen molar-refractivity contribution in [3.05, 3.63) is 52.6 Å². The standard InChI is InChI=1S/C15H16O3/c1-9-7-14(17)10(2)13(15(9)18)8-11-3-5-12(16)6-4-11/h3-7,16-18H,8H2,1-2H3. The van der Waals surface area contributed by atoms with E-state index in [1.54, 1.807) is 44.2 Å². The maximum Gasteiger partial charge on any atom is 0.122 e. The lowest BCUT2D eigenvalue weighted by Crippen LogP contribution is -1.95. The van der Waals surface area contributed by atoms with Crippen LogP contribution in [0.1, 0.15) is 22.3 Å². The molecule has 3 nitrogen and oxygen atoms in total. The predicted molar refractivity (Wildman–Crippen MR) is 70.2 cm³/mol. The number of aryl methyl sites for hydroxylation is 1. The van der Waals surface area contributed by atoms with Gasteiger partial charge in [-0.2, -0.15) is 0 Å². The molecule has 0 saturated heterocycles. The molecule has 0 aliphatic rings. The second-order valence-electron chi connectivity index (χ2n) is 4.51. The molecule has 0 bridgehead atoms. The Bertz CT molecular complexity index is 545. The van der Waals surface area contributed by atoms with Gasteiger partial charge in [0.15, 0.2) is 0 Å². The van der Waals surface area contributed by atoms with E-state index >= 15 is 0 Å². The minimum Gasteiger partial charge on any atom is -0.508 e. The summed E-state index contributed by atoms with van der Waals surface area (Å²) in [6.45, 7) is 3.54. The maximum atomic E-state index is 10.1. The van der Waals surface area contributed by atoms with Crippen LogP contribution in [-0.2, 0) is 6.42 Å². The molecule has 0 amide bonds. The third-order valence-corrected chi connectivity index (χ3v) is 3.17. The van der Waals surface area contributed by atoms with Crippen molar-refractivity contribution in [3.63, 3.8) is 0 Å². The topological polar surface area (TPSA) is 60.7 Å². The van der Waals surface area contributed by atoms with E-state index in [1.165, 1.54) is 0 Å². The van der Waals surface area contributed by atoms with E-state index in [9.17, 15) is 15.3 Å². The fourth-order valence-corrected chi connectivity index (χ4v) is 1.99. The molecular weight excluding hydrogens is 228 g/mol. The summed E-state index contributed by atoms with van der Waals surface area (Å²) in [5.41, 5.74) is 3.03. The van der Waals surface area contributed by atoms with Gasteiger partial charge in [-0.3, -0.25) is 0 Å². The molecule has 0 aliphatic heterocycles. The molecule has 18 heavy (non-hydrogen) atoms. The van der Waals surface area contributed by atoms with Crippen molar-refractivity contribution in [1.29, 1.82) is 0 Å². The number of phenols is 3. The summed E-state index contributed by atoms with van der Waals surface area (Å²) >= 11 is 0. The van der Waals surface area contributed by atoms with Crippen LogP contribution in [0.2, 0.25) is 0 Å². The third kappa shape index (κ3) is 2.25. The predicted octanol–water partition coefficient (Wildman–Crippen LogP) is 3.01. The Morgan fingerprint density at radius 3 is 2.17 bits per heavy atom. The summed E-state index contributed by atoms with van der Waals surface area (Å²) in [5, 5.41) is 29.1. The van der Waals surface area contributed by atoms with Gasteiger partial charge in [0.25, 0.3) is 0 Å². The van der Waals surface area contributed by atoms with Crippen LogP contribution >= 0.6 is 0 Å². The molecule has 0 radical (unpaired) electrons. The summed E-state index contributed by atoms with van der Waals surface area (Å²) in [7, 11) is 0. The van der Waals surface area contributed by atoms with Crippen molar-refractivity contribution in [2.24, 2.45) is 0 Å². The number of hydrogen-bond donors (Lipinski definition) is 3. The summed E-state index contributed by atoms with van der Waals surface area (Å²) in [6, 6.07) is 8.38. The highest BCUT2D eigenvalue weighted by molar-refractivity contribution is 5.53. The number of aromatic hydroxyl groups is 3. The van der Waals surface area contributed by atoms with Crippen molar-refractivity contribution in [2.75, 3.05) is 0 Å². The molecule has 94 valence electrons. The highest BCUT2D eigenvalue weighted by atomic mass is 16.3. The van der Waals surface area contributed by atoms with Gasteiger partial charge in [-0.05, 0) is 48.7 Å². The second kappa shape index (κ2) is 4.61. The van der Waals surface area contributed by atoms with E-state index < -0.39 is 0 Å². The van der Waals surface area contributed by atoms with Crippen molar-refractivity contribution < 1.29 is 15.3 Å². The number of rotatable bonds is 2. The van der Waals surface area contributed by atoms with Crippen LogP contribution in [0.15, 0.2) is 30.3 Å². The van der Waals surface area contributed by atoms with E-state index in [-0.39, 0.29) is 17.2 Å². The fourth-order valence-electron chi connectivity index (χ4n) is 1.99. The maximum absolute atomic E-state index is 10.1. The van der Waals surface area contributed by atoms with E-state index in [0.717, 1.165) is 11.1 Å². The molecular formula is C15H16O3. The normalized spacial score (nSPS) is 10.6. The Morgan fingerprint density at radius 2 is 1.56 bits per heavy atom. The first-order valence-corrected chi connectivity index (χ1v) is 5.78. The Hall–Kier alpha value is -2.16. The minimum absolute atomic E-state index is 0.194. The van der Waals surface area contributed by atoms with E-state index in [2.05, 4.69) is 0 Å². The molecule has 0 unspecified atom stereocenters. The van der Waals surface area contributed by atoms with E-state index in [4.69, 9.17) is 0 Å². The molecule has 0 saturated carbocycles. The zero-order chi connectivity index (χ0) is 13.3. The summed E-state index contributed by atoms with van der Waals surface area (Å²) in [4.78, 5) is 0. The van der Waals surface area contributed by atoms with E-state index in [0.29, 0.717) is 17.5 Å². The molecule has 0 aliphatic carbocycles. The quantitative estimate of drug-likeness (QED) is 0.712. The number of phenolic OH excluding ortho intramolecular Hbond substituents is 3. The third-order valence-electron chi connectivity index (χ3n) is 3.17. The Labute approximate surface area is 106 Å². The first kappa shape index (κ1) is 12.3. The Morgan fingerprint density at radius 1 is 0.944 bits per heavy atom. The van der Waals surface area contributed by atoms with Gasteiger partial charge in [-0.15, -0.1) is 0 Å². The fraction of sp³-hybridized carbons (Fsp3) is 0.200. The zero-order valence-corrected chi connectivity index (χ0v) is 10.4. The van der Waals surface area contributed by atoms with Crippen LogP contribution in [0, 0.1) is 13.8 Å². The zero-order valence-electron chi connectivity index (χ0n) is 10.4. The molecule has 0 heterocycles. The summed E-state index contributed by atoms with van der Waals surface area (Å²) in [6.07, 6.45) is 0.521. The number of hydrogen-bond acceptors (Lipinski definition) is 3. The van der Waals surface area contributed by atoms with Gasteiger partial charge in [0.2, 0.25) is 0 Å². The molecule has 0 aromatic heterocycles. The van der Waals surface area contributed by atoms with E-state index in [1.807, 2.05) is 0 Å². The van der Waals surface area contributed by atoms with Crippen LogP contribution in [0.5, 0.6) is 17.2 Å². The van der Waals surface area contributed by atoms with Crippen LogP contribution in [0.4, 0.5) is 0 Å². The minimum atomic E-state index is 0.194. The van der Waals surface area contributed by atoms with Crippen LogP contribution in [-0.4, -0.2) is 15.3 Å². The largest absolute Gasteiger partial charge is 0.508 e. The van der Waals surface area contributed by atoms with Crippen LogP contribution in [0.3, 0.4) is 0 Å². The molecule has 2 rings (SSSR count). The smallest absolute Gasteiger partial charge is 0.122 e. The van der Waals surface area contributed by atoms with Gasteiger partial charge in [-0.1, -0.05) is 12.1 Å². The van der Waals surface area contributed by atoms with Crippen molar-refractivity contribution in [1.82, 2.24) is 0 Å². The van der Waals surface area contributed by atoms with Gasteiger partial charge in [0, 0.05) is 12.0 Å². The van der Waals surface area contributed by atoms with Gasteiger partial charge < -0.3 is 15.3 Å². The summed E-state index contributed by atoms with van der Waals surface area (Å²) in [5.74, 6) is 0.629. The number of benzene rings is 2. The Kier molecular flexibility index (Phi) is 3.15.